The van der Waals surface area contributed by atoms with E-state index in [9.17, 15) is 18.3 Å². The van der Waals surface area contributed by atoms with Crippen LogP contribution in [0.5, 0.6) is 0 Å². The highest BCUT2D eigenvalue weighted by molar-refractivity contribution is 7.89. The van der Waals surface area contributed by atoms with Crippen LogP contribution in [0.15, 0.2) is 29.2 Å². The third-order valence-corrected chi connectivity index (χ3v) is 5.48. The van der Waals surface area contributed by atoms with Crippen molar-refractivity contribution in [1.82, 2.24) is 4.31 Å². The maximum atomic E-state index is 12.5. The summed E-state index contributed by atoms with van der Waals surface area (Å²) in [5, 5.41) is 18.8. The first-order chi connectivity index (χ1) is 9.34. The second kappa shape index (κ2) is 5.51. The van der Waals surface area contributed by atoms with E-state index >= 15 is 0 Å². The molecule has 2 atom stereocenters. The normalized spacial score (nSPS) is 24.5. The van der Waals surface area contributed by atoms with E-state index < -0.39 is 22.1 Å². The molecule has 7 heteroatoms. The first-order valence-electron chi connectivity index (χ1n) is 6.34. The minimum Gasteiger partial charge on any atom is -0.478 e. The van der Waals surface area contributed by atoms with Crippen LogP contribution >= 0.6 is 0 Å². The van der Waals surface area contributed by atoms with Crippen LogP contribution in [-0.2, 0) is 10.0 Å². The first kappa shape index (κ1) is 15.0. The highest BCUT2D eigenvalue weighted by atomic mass is 32.2. The number of piperidine rings is 1. The molecule has 2 N–H and O–H groups in total. The van der Waals surface area contributed by atoms with Crippen LogP contribution < -0.4 is 0 Å². The maximum absolute atomic E-state index is 12.5. The molecular weight excluding hydrogens is 282 g/mol. The fourth-order valence-electron chi connectivity index (χ4n) is 2.32. The zero-order chi connectivity index (χ0) is 14.9. The summed E-state index contributed by atoms with van der Waals surface area (Å²) < 4.78 is 26.3. The van der Waals surface area contributed by atoms with Gasteiger partial charge < -0.3 is 10.2 Å². The van der Waals surface area contributed by atoms with Gasteiger partial charge in [0.15, 0.2) is 0 Å². The summed E-state index contributed by atoms with van der Waals surface area (Å²) in [5.41, 5.74) is -0.230. The molecule has 2 rings (SSSR count). The zero-order valence-corrected chi connectivity index (χ0v) is 11.9. The monoisotopic (exact) mass is 299 g/mol. The quantitative estimate of drug-likeness (QED) is 0.860. The third kappa shape index (κ3) is 2.70. The maximum Gasteiger partial charge on any atom is 0.337 e. The van der Waals surface area contributed by atoms with E-state index in [0.29, 0.717) is 6.42 Å². The van der Waals surface area contributed by atoms with Crippen LogP contribution in [0.3, 0.4) is 0 Å². The third-order valence-electron chi connectivity index (χ3n) is 3.56. The molecule has 1 saturated heterocycles. The number of hydrogen-bond donors (Lipinski definition) is 2. The topological polar surface area (TPSA) is 94.9 Å². The van der Waals surface area contributed by atoms with Crippen LogP contribution in [0.2, 0.25) is 0 Å². The molecule has 0 radical (unpaired) electrons. The number of hydrogen-bond acceptors (Lipinski definition) is 4. The summed E-state index contributed by atoms with van der Waals surface area (Å²) in [6.07, 6.45) is -0.161. The van der Waals surface area contributed by atoms with Gasteiger partial charge in [-0.15, -0.1) is 0 Å². The van der Waals surface area contributed by atoms with Gasteiger partial charge >= 0.3 is 5.97 Å². The highest BCUT2D eigenvalue weighted by Gasteiger charge is 2.34. The number of nitrogens with zero attached hydrogens (tertiary/aromatic N) is 1. The van der Waals surface area contributed by atoms with E-state index in [1.807, 2.05) is 0 Å². The minimum atomic E-state index is -3.85. The summed E-state index contributed by atoms with van der Waals surface area (Å²) in [6, 6.07) is 5.57. The van der Waals surface area contributed by atoms with E-state index in [4.69, 9.17) is 5.11 Å². The van der Waals surface area contributed by atoms with Gasteiger partial charge in [-0.25, -0.2) is 13.2 Å². The molecule has 6 nitrogen and oxygen atoms in total. The van der Waals surface area contributed by atoms with Gasteiger partial charge in [0, 0.05) is 13.1 Å². The van der Waals surface area contributed by atoms with Gasteiger partial charge in [0.2, 0.25) is 10.0 Å². The van der Waals surface area contributed by atoms with Gasteiger partial charge in [0.25, 0.3) is 0 Å². The molecule has 1 aliphatic heterocycles. The molecule has 1 aromatic rings. The lowest BCUT2D eigenvalue weighted by Crippen LogP contribution is -2.45. The highest BCUT2D eigenvalue weighted by Crippen LogP contribution is 2.25. The van der Waals surface area contributed by atoms with Crippen LogP contribution in [0.1, 0.15) is 23.7 Å². The molecule has 0 saturated carbocycles. The molecular formula is C13H17NO5S. The Morgan fingerprint density at radius 2 is 2.00 bits per heavy atom. The minimum absolute atomic E-state index is 0.171. The largest absolute Gasteiger partial charge is 0.478 e. The van der Waals surface area contributed by atoms with Crippen molar-refractivity contribution in [3.63, 3.8) is 0 Å². The number of carboxylic acid groups (broad SMARTS) is 1. The summed E-state index contributed by atoms with van der Waals surface area (Å²) in [4.78, 5) is 10.9. The number of carbonyl (C=O) groups is 1. The molecule has 0 aliphatic carbocycles. The van der Waals surface area contributed by atoms with E-state index in [1.165, 1.54) is 28.6 Å². The Morgan fingerprint density at radius 3 is 2.60 bits per heavy atom. The number of aliphatic hydroxyl groups excluding tert-OH is 1. The molecule has 1 aliphatic rings. The number of benzene rings is 1. The molecule has 0 aromatic heterocycles. The fourth-order valence-corrected chi connectivity index (χ4v) is 4.06. The lowest BCUT2D eigenvalue weighted by molar-refractivity contribution is 0.0624. The summed E-state index contributed by atoms with van der Waals surface area (Å²) in [6.45, 7) is 2.16. The van der Waals surface area contributed by atoms with Gasteiger partial charge in [0.1, 0.15) is 0 Å². The Hall–Kier alpha value is -1.44. The smallest absolute Gasteiger partial charge is 0.337 e. The van der Waals surface area contributed by atoms with Crippen LogP contribution in [-0.4, -0.2) is 48.1 Å². The SMILES string of the molecule is CC1CN(S(=O)(=O)c2ccccc2C(=O)O)CCC1O. The molecule has 0 bridgehead atoms. The van der Waals surface area contributed by atoms with Gasteiger partial charge in [-0.05, 0) is 24.5 Å². The predicted molar refractivity (Wildman–Crippen MR) is 71.9 cm³/mol. The van der Waals surface area contributed by atoms with Gasteiger partial charge in [-0.1, -0.05) is 19.1 Å². The van der Waals surface area contributed by atoms with Crippen LogP contribution in [0, 0.1) is 5.92 Å². The second-order valence-corrected chi connectivity index (χ2v) is 6.90. The Morgan fingerprint density at radius 1 is 1.35 bits per heavy atom. The number of rotatable bonds is 3. The standard InChI is InChI=1S/C13H17NO5S/c1-9-8-14(7-6-11(9)15)20(18,19)12-5-3-2-4-10(12)13(16)17/h2-5,9,11,15H,6-8H2,1H3,(H,16,17). The van der Waals surface area contributed by atoms with E-state index in [-0.39, 0.29) is 29.5 Å². The molecule has 20 heavy (non-hydrogen) atoms. The van der Waals surface area contributed by atoms with Crippen molar-refractivity contribution in [2.75, 3.05) is 13.1 Å². The molecule has 1 aromatic carbocycles. The predicted octanol–water partition coefficient (Wildman–Crippen LogP) is 0.776. The Labute approximate surface area is 117 Å². The van der Waals surface area contributed by atoms with Crippen molar-refractivity contribution in [3.8, 4) is 0 Å². The number of sulfonamides is 1. The summed E-state index contributed by atoms with van der Waals surface area (Å²) >= 11 is 0. The van der Waals surface area contributed by atoms with Gasteiger partial charge in [-0.2, -0.15) is 4.31 Å². The number of aliphatic hydroxyl groups is 1. The number of aromatic carboxylic acids is 1. The molecule has 0 spiro atoms. The fraction of sp³-hybridized carbons (Fsp3) is 0.462. The Kier molecular flexibility index (Phi) is 4.12. The van der Waals surface area contributed by atoms with E-state index in [1.54, 1.807) is 6.92 Å². The van der Waals surface area contributed by atoms with E-state index in [2.05, 4.69) is 0 Å². The number of carboxylic acids is 1. The van der Waals surface area contributed by atoms with Crippen molar-refractivity contribution < 1.29 is 23.4 Å². The molecule has 1 fully saturated rings. The van der Waals surface area contributed by atoms with Gasteiger partial charge in [-0.3, -0.25) is 0 Å². The average Bonchev–Trinajstić information content (AvgIpc) is 2.41. The summed E-state index contributed by atoms with van der Waals surface area (Å²) in [7, 11) is -3.85. The Balaban J connectivity index is 2.39. The van der Waals surface area contributed by atoms with Crippen molar-refractivity contribution in [3.05, 3.63) is 29.8 Å². The molecule has 110 valence electrons. The zero-order valence-electron chi connectivity index (χ0n) is 11.1. The first-order valence-corrected chi connectivity index (χ1v) is 7.78. The van der Waals surface area contributed by atoms with Gasteiger partial charge in [0.05, 0.1) is 16.6 Å². The van der Waals surface area contributed by atoms with Crippen molar-refractivity contribution >= 4 is 16.0 Å². The van der Waals surface area contributed by atoms with Crippen molar-refractivity contribution in [2.45, 2.75) is 24.3 Å². The Bertz CT molecular complexity index is 613. The second-order valence-electron chi connectivity index (χ2n) is 5.00. The lowest BCUT2D eigenvalue weighted by atomic mass is 9.99. The lowest BCUT2D eigenvalue weighted by Gasteiger charge is -2.33. The van der Waals surface area contributed by atoms with Crippen molar-refractivity contribution in [2.24, 2.45) is 5.92 Å². The van der Waals surface area contributed by atoms with Crippen LogP contribution in [0.25, 0.3) is 0 Å². The van der Waals surface area contributed by atoms with E-state index in [0.717, 1.165) is 0 Å². The van der Waals surface area contributed by atoms with Crippen LogP contribution in [0.4, 0.5) is 0 Å². The average molecular weight is 299 g/mol. The summed E-state index contributed by atoms with van der Waals surface area (Å²) in [5.74, 6) is -1.44. The molecule has 0 amide bonds. The molecule has 1 heterocycles. The molecule has 2 unspecified atom stereocenters. The van der Waals surface area contributed by atoms with Crippen molar-refractivity contribution in [1.29, 1.82) is 0 Å².